The van der Waals surface area contributed by atoms with Gasteiger partial charge in [-0.2, -0.15) is 13.2 Å². The normalized spacial score (nSPS) is 16.8. The van der Waals surface area contributed by atoms with Crippen LogP contribution in [0.15, 0.2) is 29.3 Å². The van der Waals surface area contributed by atoms with Crippen LogP contribution < -0.4 is 10.6 Å². The second-order valence-corrected chi connectivity index (χ2v) is 4.47. The minimum atomic E-state index is -4.46. The van der Waals surface area contributed by atoms with Crippen molar-refractivity contribution in [2.75, 3.05) is 0 Å². The van der Waals surface area contributed by atoms with Crippen molar-refractivity contribution < 1.29 is 27.6 Å². The number of hydrogen-bond acceptors (Lipinski definition) is 4. The fraction of sp³-hybridized carbons (Fsp3) is 0.231. The summed E-state index contributed by atoms with van der Waals surface area (Å²) in [7, 11) is 0. The summed E-state index contributed by atoms with van der Waals surface area (Å²) in [6.07, 6.45) is -3.46. The van der Waals surface area contributed by atoms with Gasteiger partial charge in [-0.3, -0.25) is 25.2 Å². The molecule has 0 bridgehead atoms. The zero-order chi connectivity index (χ0) is 16.3. The minimum Gasteiger partial charge on any atom is -0.291 e. The van der Waals surface area contributed by atoms with Gasteiger partial charge in [-0.1, -0.05) is 12.1 Å². The third-order valence-corrected chi connectivity index (χ3v) is 2.82. The van der Waals surface area contributed by atoms with Crippen molar-refractivity contribution in [1.82, 2.24) is 10.6 Å². The van der Waals surface area contributed by atoms with Crippen LogP contribution in [0.1, 0.15) is 11.1 Å². The molecule has 0 spiro atoms. The predicted octanol–water partition coefficient (Wildman–Crippen LogP) is 1.26. The first-order valence-corrected chi connectivity index (χ1v) is 6.09. The number of rotatable bonds is 3. The number of halogens is 3. The molecule has 0 radical (unpaired) electrons. The first kappa shape index (κ1) is 15.7. The monoisotopic (exact) mass is 313 g/mol. The molecule has 116 valence electrons. The number of hydrogen-bond donors (Lipinski definition) is 2. The Balaban J connectivity index is 2.05. The van der Waals surface area contributed by atoms with E-state index in [2.05, 4.69) is 4.99 Å². The van der Waals surface area contributed by atoms with E-state index >= 15 is 0 Å². The lowest BCUT2D eigenvalue weighted by Crippen LogP contribution is -2.56. The molecule has 1 aromatic rings. The van der Waals surface area contributed by atoms with E-state index in [4.69, 9.17) is 0 Å². The highest BCUT2D eigenvalue weighted by Gasteiger charge is 2.33. The molecule has 0 atom stereocenters. The number of aliphatic imine (C=N–C) groups is 1. The molecule has 1 fully saturated rings. The molecule has 2 rings (SSSR count). The molecule has 1 aliphatic rings. The van der Waals surface area contributed by atoms with Gasteiger partial charge in [0.05, 0.1) is 12.1 Å². The lowest BCUT2D eigenvalue weighted by Gasteiger charge is -2.17. The maximum absolute atomic E-state index is 12.5. The summed E-state index contributed by atoms with van der Waals surface area (Å²) in [6.45, 7) is -0.130. The molecule has 2 N–H and O–H groups in total. The molecule has 22 heavy (non-hydrogen) atoms. The molecule has 6 nitrogen and oxygen atoms in total. The van der Waals surface area contributed by atoms with Gasteiger partial charge >= 0.3 is 12.2 Å². The average molecular weight is 313 g/mol. The zero-order valence-corrected chi connectivity index (χ0v) is 11.0. The Morgan fingerprint density at radius 3 is 2.36 bits per heavy atom. The Morgan fingerprint density at radius 1 is 1.14 bits per heavy atom. The summed E-state index contributed by atoms with van der Waals surface area (Å²) >= 11 is 0. The van der Waals surface area contributed by atoms with Gasteiger partial charge in [0.1, 0.15) is 0 Å². The van der Waals surface area contributed by atoms with E-state index in [1.807, 2.05) is 10.6 Å². The third kappa shape index (κ3) is 3.68. The molecular formula is C13H10F3N3O3. The standard InChI is InChI=1S/C13H10F3N3O3/c14-13(15,16)8-3-1-2-7(4-8)5-17-6-9-10(20)18-12(22)19-11(9)21/h1-4,6,9H,5H2,(H2,18,19,20,21,22). The highest BCUT2D eigenvalue weighted by molar-refractivity contribution is 6.23. The number of nitrogens with zero attached hydrogens (tertiary/aromatic N) is 1. The van der Waals surface area contributed by atoms with Gasteiger partial charge in [-0.25, -0.2) is 4.79 Å². The van der Waals surface area contributed by atoms with E-state index in [-0.39, 0.29) is 12.1 Å². The minimum absolute atomic E-state index is 0.130. The van der Waals surface area contributed by atoms with Crippen molar-refractivity contribution in [2.24, 2.45) is 10.9 Å². The van der Waals surface area contributed by atoms with Gasteiger partial charge < -0.3 is 0 Å². The molecule has 1 saturated heterocycles. The van der Waals surface area contributed by atoms with Gasteiger partial charge in [0.25, 0.3) is 0 Å². The first-order valence-electron chi connectivity index (χ1n) is 6.09. The van der Waals surface area contributed by atoms with Crippen LogP contribution in [0.25, 0.3) is 0 Å². The Bertz CT molecular complexity index is 635. The molecule has 1 heterocycles. The van der Waals surface area contributed by atoms with E-state index in [1.54, 1.807) is 0 Å². The van der Waals surface area contributed by atoms with E-state index in [0.717, 1.165) is 18.3 Å². The van der Waals surface area contributed by atoms with Crippen molar-refractivity contribution in [1.29, 1.82) is 0 Å². The molecule has 1 aromatic carbocycles. The molecule has 0 aromatic heterocycles. The van der Waals surface area contributed by atoms with E-state index in [1.165, 1.54) is 12.1 Å². The number of alkyl halides is 3. The number of benzene rings is 1. The highest BCUT2D eigenvalue weighted by Crippen LogP contribution is 2.29. The van der Waals surface area contributed by atoms with E-state index in [0.29, 0.717) is 0 Å². The lowest BCUT2D eigenvalue weighted by molar-refractivity contribution is -0.137. The third-order valence-electron chi connectivity index (χ3n) is 2.82. The summed E-state index contributed by atoms with van der Waals surface area (Å²) < 4.78 is 37.6. The maximum atomic E-state index is 12.5. The smallest absolute Gasteiger partial charge is 0.291 e. The summed E-state index contributed by atoms with van der Waals surface area (Å²) in [5.41, 5.74) is -0.530. The number of urea groups is 1. The molecule has 0 saturated carbocycles. The largest absolute Gasteiger partial charge is 0.416 e. The van der Waals surface area contributed by atoms with Crippen molar-refractivity contribution in [3.05, 3.63) is 35.4 Å². The number of imide groups is 2. The van der Waals surface area contributed by atoms with Gasteiger partial charge in [0.2, 0.25) is 11.8 Å². The average Bonchev–Trinajstić information content (AvgIpc) is 2.41. The maximum Gasteiger partial charge on any atom is 0.416 e. The number of carbonyl (C=O) groups excluding carboxylic acids is 3. The Kier molecular flexibility index (Phi) is 4.25. The van der Waals surface area contributed by atoms with E-state index < -0.39 is 35.5 Å². The summed E-state index contributed by atoms with van der Waals surface area (Å²) in [6, 6.07) is 3.63. The number of nitrogens with one attached hydrogen (secondary N) is 2. The quantitative estimate of drug-likeness (QED) is 0.650. The van der Waals surface area contributed by atoms with Gasteiger partial charge in [0, 0.05) is 6.21 Å². The van der Waals surface area contributed by atoms with Gasteiger partial charge in [-0.05, 0) is 17.7 Å². The predicted molar refractivity (Wildman–Crippen MR) is 68.8 cm³/mol. The molecule has 4 amide bonds. The molecule has 1 aliphatic heterocycles. The van der Waals surface area contributed by atoms with Crippen LogP contribution >= 0.6 is 0 Å². The Morgan fingerprint density at radius 2 is 1.77 bits per heavy atom. The SMILES string of the molecule is O=C1NC(=O)C(C=NCc2cccc(C(F)(F)F)c2)C(=O)N1. The van der Waals surface area contributed by atoms with Crippen LogP contribution in [0.2, 0.25) is 0 Å². The second-order valence-electron chi connectivity index (χ2n) is 4.47. The van der Waals surface area contributed by atoms with Crippen molar-refractivity contribution in [3.8, 4) is 0 Å². The number of barbiturate groups is 1. The van der Waals surface area contributed by atoms with Crippen LogP contribution in [-0.2, 0) is 22.3 Å². The molecule has 9 heteroatoms. The summed E-state index contributed by atoms with van der Waals surface area (Å²) in [4.78, 5) is 37.5. The molecule has 0 aliphatic carbocycles. The lowest BCUT2D eigenvalue weighted by atomic mass is 10.1. The van der Waals surface area contributed by atoms with Crippen LogP contribution in [-0.4, -0.2) is 24.1 Å². The van der Waals surface area contributed by atoms with Crippen LogP contribution in [0, 0.1) is 5.92 Å². The van der Waals surface area contributed by atoms with Crippen molar-refractivity contribution in [2.45, 2.75) is 12.7 Å². The topological polar surface area (TPSA) is 87.6 Å². The molecular weight excluding hydrogens is 303 g/mol. The van der Waals surface area contributed by atoms with Gasteiger partial charge in [0.15, 0.2) is 5.92 Å². The van der Waals surface area contributed by atoms with Crippen molar-refractivity contribution >= 4 is 24.1 Å². The Labute approximate surface area is 122 Å². The number of carbonyl (C=O) groups is 3. The van der Waals surface area contributed by atoms with Crippen LogP contribution in [0.4, 0.5) is 18.0 Å². The van der Waals surface area contributed by atoms with Crippen molar-refractivity contribution in [3.63, 3.8) is 0 Å². The molecule has 0 unspecified atom stereocenters. The van der Waals surface area contributed by atoms with Gasteiger partial charge in [-0.15, -0.1) is 0 Å². The summed E-state index contributed by atoms with van der Waals surface area (Å²) in [5.74, 6) is -2.95. The second kappa shape index (κ2) is 5.96. The zero-order valence-electron chi connectivity index (χ0n) is 11.0. The highest BCUT2D eigenvalue weighted by atomic mass is 19.4. The fourth-order valence-corrected chi connectivity index (χ4v) is 1.77. The first-order chi connectivity index (χ1) is 10.3. The number of amides is 4. The van der Waals surface area contributed by atoms with E-state index in [9.17, 15) is 27.6 Å². The summed E-state index contributed by atoms with van der Waals surface area (Å²) in [5, 5.41) is 3.78. The fourth-order valence-electron chi connectivity index (χ4n) is 1.77. The van der Waals surface area contributed by atoms with Crippen LogP contribution in [0.3, 0.4) is 0 Å². The van der Waals surface area contributed by atoms with Crippen LogP contribution in [0.5, 0.6) is 0 Å². The Hall–Kier alpha value is -2.71.